The fraction of sp³-hybridized carbons (Fsp3) is 0.211. The highest BCUT2D eigenvalue weighted by atomic mass is 35.5. The number of nitrogens with one attached hydrogen (secondary N) is 2. The Morgan fingerprint density at radius 3 is 2.46 bits per heavy atom. The van der Waals surface area contributed by atoms with Crippen LogP contribution in [0.1, 0.15) is 6.42 Å². The van der Waals surface area contributed by atoms with Gasteiger partial charge in [0.15, 0.2) is 0 Å². The van der Waals surface area contributed by atoms with E-state index in [2.05, 4.69) is 10.4 Å². The van der Waals surface area contributed by atoms with Crippen LogP contribution in [0.25, 0.3) is 10.8 Å². The van der Waals surface area contributed by atoms with Gasteiger partial charge in [-0.05, 0) is 18.2 Å². The normalized spacial score (nSPS) is 10.7. The van der Waals surface area contributed by atoms with Gasteiger partial charge in [-0.3, -0.25) is 19.5 Å². The molecule has 3 rings (SSSR count). The Morgan fingerprint density at radius 2 is 1.79 bits per heavy atom. The third kappa shape index (κ3) is 3.86. The average Bonchev–Trinajstić information content (AvgIpc) is 2.70. The second-order valence-electron chi connectivity index (χ2n) is 5.93. The third-order valence-electron chi connectivity index (χ3n) is 4.19. The molecule has 1 aromatic heterocycles. The molecule has 0 fully saturated rings. The molecule has 0 unspecified atom stereocenters. The molecule has 2 N–H and O–H groups in total. The van der Waals surface area contributed by atoms with Gasteiger partial charge in [-0.1, -0.05) is 23.7 Å². The molecule has 0 aliphatic rings. The smallest absolute Gasteiger partial charge is 0.273 e. The first-order chi connectivity index (χ1) is 13.4. The molecule has 0 radical (unpaired) electrons. The zero-order valence-corrected chi connectivity index (χ0v) is 16.0. The van der Waals surface area contributed by atoms with E-state index in [1.165, 1.54) is 20.3 Å². The number of halogens is 1. The van der Waals surface area contributed by atoms with Crippen LogP contribution < -0.4 is 25.9 Å². The summed E-state index contributed by atoms with van der Waals surface area (Å²) in [7, 11) is 2.93. The maximum Gasteiger partial charge on any atom is 0.273 e. The number of hydrogen-bond acceptors (Lipinski definition) is 5. The molecule has 1 heterocycles. The molecular formula is C19H18ClN3O5. The highest BCUT2D eigenvalue weighted by Crippen LogP contribution is 2.35. The van der Waals surface area contributed by atoms with Gasteiger partial charge in [0.2, 0.25) is 5.91 Å². The van der Waals surface area contributed by atoms with Gasteiger partial charge >= 0.3 is 0 Å². The number of carbonyl (C=O) groups excluding carboxylic acids is 1. The second-order valence-corrected chi connectivity index (χ2v) is 6.34. The number of amides is 1. The number of aromatic amines is 1. The van der Waals surface area contributed by atoms with Crippen LogP contribution in [0, 0.1) is 0 Å². The molecule has 0 spiro atoms. The minimum Gasteiger partial charge on any atom is -0.495 e. The van der Waals surface area contributed by atoms with Crippen molar-refractivity contribution in [2.24, 2.45) is 0 Å². The number of hydrogen-bond donors (Lipinski definition) is 2. The number of rotatable bonds is 6. The molecule has 1 amide bonds. The van der Waals surface area contributed by atoms with Gasteiger partial charge in [0.05, 0.1) is 42.2 Å². The van der Waals surface area contributed by atoms with Crippen molar-refractivity contribution in [1.82, 2.24) is 9.78 Å². The predicted molar refractivity (Wildman–Crippen MR) is 107 cm³/mol. The number of H-pyrrole nitrogens is 1. The minimum absolute atomic E-state index is 0.0109. The molecule has 28 heavy (non-hydrogen) atoms. The largest absolute Gasteiger partial charge is 0.495 e. The Labute approximate surface area is 164 Å². The third-order valence-corrected chi connectivity index (χ3v) is 4.49. The van der Waals surface area contributed by atoms with E-state index in [0.29, 0.717) is 33.0 Å². The summed E-state index contributed by atoms with van der Waals surface area (Å²) in [5.41, 5.74) is -0.384. The van der Waals surface area contributed by atoms with Crippen LogP contribution in [0.5, 0.6) is 11.5 Å². The van der Waals surface area contributed by atoms with Crippen LogP contribution in [0.2, 0.25) is 5.02 Å². The molecule has 146 valence electrons. The summed E-state index contributed by atoms with van der Waals surface area (Å²) in [5, 5.41) is 6.10. The monoisotopic (exact) mass is 403 g/mol. The van der Waals surface area contributed by atoms with Gasteiger partial charge in [0.25, 0.3) is 11.1 Å². The first-order valence-corrected chi connectivity index (χ1v) is 8.75. The summed E-state index contributed by atoms with van der Waals surface area (Å²) < 4.78 is 11.5. The lowest BCUT2D eigenvalue weighted by Gasteiger charge is -2.13. The van der Waals surface area contributed by atoms with E-state index >= 15 is 0 Å². The Morgan fingerprint density at radius 1 is 1.11 bits per heavy atom. The van der Waals surface area contributed by atoms with Crippen LogP contribution >= 0.6 is 11.6 Å². The molecule has 9 heteroatoms. The zero-order valence-electron chi connectivity index (χ0n) is 15.2. The molecule has 0 saturated heterocycles. The number of aryl methyl sites for hydroxylation is 1. The molecule has 0 aliphatic carbocycles. The number of ether oxygens (including phenoxy) is 2. The summed E-state index contributed by atoms with van der Waals surface area (Å²) >= 11 is 6.09. The van der Waals surface area contributed by atoms with Gasteiger partial charge in [0.1, 0.15) is 11.5 Å². The van der Waals surface area contributed by atoms with Crippen molar-refractivity contribution >= 4 is 34.0 Å². The van der Waals surface area contributed by atoms with Gasteiger partial charge < -0.3 is 14.8 Å². The summed E-state index contributed by atoms with van der Waals surface area (Å²) in [6.45, 7) is 0.0109. The minimum atomic E-state index is -0.390. The van der Waals surface area contributed by atoms with E-state index in [1.54, 1.807) is 30.3 Å². The molecule has 0 bridgehead atoms. The number of fused-ring (bicyclic) bond motifs is 1. The summed E-state index contributed by atoms with van der Waals surface area (Å²) in [5.74, 6) is 0.420. The Kier molecular flexibility index (Phi) is 5.70. The Balaban J connectivity index is 1.78. The highest BCUT2D eigenvalue weighted by molar-refractivity contribution is 6.32. The maximum atomic E-state index is 12.5. The van der Waals surface area contributed by atoms with Crippen molar-refractivity contribution in [3.05, 3.63) is 62.1 Å². The van der Waals surface area contributed by atoms with E-state index in [-0.39, 0.29) is 30.0 Å². The predicted octanol–water partition coefficient (Wildman–Crippen LogP) is 2.39. The van der Waals surface area contributed by atoms with Crippen LogP contribution in [0.3, 0.4) is 0 Å². The summed E-state index contributed by atoms with van der Waals surface area (Å²) in [6, 6.07) is 9.59. The average molecular weight is 404 g/mol. The zero-order chi connectivity index (χ0) is 20.3. The highest BCUT2D eigenvalue weighted by Gasteiger charge is 2.13. The first-order valence-electron chi connectivity index (χ1n) is 8.38. The number of aromatic nitrogens is 2. The lowest BCUT2D eigenvalue weighted by Crippen LogP contribution is -2.31. The maximum absolute atomic E-state index is 12.5. The SMILES string of the molecule is COc1cc(OC)c(NC(=O)CCn2[nH]c(=O)c3ccccc3c2=O)cc1Cl. The molecule has 0 saturated carbocycles. The van der Waals surface area contributed by atoms with Crippen LogP contribution in [-0.4, -0.2) is 29.9 Å². The number of anilines is 1. The summed E-state index contributed by atoms with van der Waals surface area (Å²) in [4.78, 5) is 36.9. The lowest BCUT2D eigenvalue weighted by atomic mass is 10.2. The Bertz CT molecular complexity index is 1150. The molecule has 3 aromatic rings. The van der Waals surface area contributed by atoms with Crippen LogP contribution in [-0.2, 0) is 11.3 Å². The van der Waals surface area contributed by atoms with E-state index in [1.807, 2.05) is 0 Å². The van der Waals surface area contributed by atoms with Crippen molar-refractivity contribution in [2.45, 2.75) is 13.0 Å². The van der Waals surface area contributed by atoms with Gasteiger partial charge in [-0.15, -0.1) is 0 Å². The molecule has 0 aliphatic heterocycles. The standard InChI is InChI=1S/C19H18ClN3O5/c1-27-15-10-16(28-2)14(9-13(15)20)21-17(24)7-8-23-19(26)12-6-4-3-5-11(12)18(25)22-23/h3-6,9-10H,7-8H2,1-2H3,(H,21,24)(H,22,25). The van der Waals surface area contributed by atoms with Gasteiger partial charge in [0, 0.05) is 12.5 Å². The summed E-state index contributed by atoms with van der Waals surface area (Å²) in [6.07, 6.45) is -0.0407. The number of nitrogens with zero attached hydrogens (tertiary/aromatic N) is 1. The van der Waals surface area contributed by atoms with Crippen molar-refractivity contribution in [3.8, 4) is 11.5 Å². The van der Waals surface area contributed by atoms with Crippen molar-refractivity contribution in [2.75, 3.05) is 19.5 Å². The van der Waals surface area contributed by atoms with Crippen LogP contribution in [0.4, 0.5) is 5.69 Å². The van der Waals surface area contributed by atoms with Crippen molar-refractivity contribution < 1.29 is 14.3 Å². The Hall–Kier alpha value is -3.26. The van der Waals surface area contributed by atoms with E-state index in [4.69, 9.17) is 21.1 Å². The second kappa shape index (κ2) is 8.18. The first kappa shape index (κ1) is 19.5. The van der Waals surface area contributed by atoms with E-state index in [0.717, 1.165) is 4.68 Å². The van der Waals surface area contributed by atoms with Gasteiger partial charge in [-0.25, -0.2) is 4.68 Å². The van der Waals surface area contributed by atoms with Crippen LogP contribution in [0.15, 0.2) is 46.0 Å². The fourth-order valence-electron chi connectivity index (χ4n) is 2.79. The number of carbonyl (C=O) groups is 1. The van der Waals surface area contributed by atoms with Crippen molar-refractivity contribution in [1.29, 1.82) is 0 Å². The topological polar surface area (TPSA) is 102 Å². The van der Waals surface area contributed by atoms with E-state index in [9.17, 15) is 14.4 Å². The quantitative estimate of drug-likeness (QED) is 0.658. The fourth-order valence-corrected chi connectivity index (χ4v) is 3.03. The molecule has 0 atom stereocenters. The molecular weight excluding hydrogens is 386 g/mol. The van der Waals surface area contributed by atoms with E-state index < -0.39 is 0 Å². The number of methoxy groups -OCH3 is 2. The van der Waals surface area contributed by atoms with Crippen molar-refractivity contribution in [3.63, 3.8) is 0 Å². The molecule has 2 aromatic carbocycles. The van der Waals surface area contributed by atoms with Gasteiger partial charge in [-0.2, -0.15) is 0 Å². The molecule has 8 nitrogen and oxygen atoms in total. The lowest BCUT2D eigenvalue weighted by molar-refractivity contribution is -0.116. The number of benzene rings is 2.